The molecule has 0 fully saturated rings. The standard InChI is InChI=1S/C23H19N5O3/c1-15(13-24)23(30)27-11-12-28-19(14-27)26-20(21(28)22(25)29)16-7-9-18(10-8-16)31-17-5-3-2-4-6-17/h2-10H,1,11-12,14H2,(H2,25,29). The van der Waals surface area contributed by atoms with Gasteiger partial charge in [-0.15, -0.1) is 0 Å². The van der Waals surface area contributed by atoms with Crippen LogP contribution in [-0.4, -0.2) is 32.8 Å². The molecule has 0 aliphatic carbocycles. The fraction of sp³-hybridized carbons (Fsp3) is 0.130. The predicted octanol–water partition coefficient (Wildman–Crippen LogP) is 2.86. The molecule has 2 heterocycles. The van der Waals surface area contributed by atoms with Crippen molar-refractivity contribution >= 4 is 11.8 Å². The number of aromatic nitrogens is 2. The van der Waals surface area contributed by atoms with Gasteiger partial charge in [0.1, 0.15) is 40.4 Å². The van der Waals surface area contributed by atoms with Gasteiger partial charge in [-0.3, -0.25) is 9.59 Å². The average molecular weight is 413 g/mol. The van der Waals surface area contributed by atoms with E-state index in [1.807, 2.05) is 30.3 Å². The van der Waals surface area contributed by atoms with Crippen LogP contribution >= 0.6 is 0 Å². The Balaban J connectivity index is 1.63. The monoisotopic (exact) mass is 413 g/mol. The number of primary amides is 1. The summed E-state index contributed by atoms with van der Waals surface area (Å²) in [5.41, 5.74) is 6.96. The number of ether oxygens (including phenoxy) is 1. The third-order valence-corrected chi connectivity index (χ3v) is 4.99. The van der Waals surface area contributed by atoms with Gasteiger partial charge in [0.2, 0.25) is 0 Å². The number of rotatable bonds is 5. The highest BCUT2D eigenvalue weighted by atomic mass is 16.5. The van der Waals surface area contributed by atoms with Crippen molar-refractivity contribution in [2.45, 2.75) is 13.1 Å². The van der Waals surface area contributed by atoms with E-state index in [1.165, 1.54) is 4.90 Å². The van der Waals surface area contributed by atoms with E-state index in [2.05, 4.69) is 11.6 Å². The highest BCUT2D eigenvalue weighted by Gasteiger charge is 2.29. The highest BCUT2D eigenvalue weighted by Crippen LogP contribution is 2.29. The molecule has 0 saturated heterocycles. The van der Waals surface area contributed by atoms with Gasteiger partial charge in [-0.2, -0.15) is 5.26 Å². The van der Waals surface area contributed by atoms with Gasteiger partial charge in [0.15, 0.2) is 0 Å². The van der Waals surface area contributed by atoms with Crippen LogP contribution in [0.3, 0.4) is 0 Å². The van der Waals surface area contributed by atoms with Crippen LogP contribution in [0.1, 0.15) is 16.3 Å². The lowest BCUT2D eigenvalue weighted by molar-refractivity contribution is -0.128. The maximum Gasteiger partial charge on any atom is 0.267 e. The second-order valence-corrected chi connectivity index (χ2v) is 7.00. The van der Waals surface area contributed by atoms with Gasteiger partial charge in [-0.05, 0) is 36.4 Å². The number of carbonyl (C=O) groups is 2. The molecule has 0 radical (unpaired) electrons. The van der Waals surface area contributed by atoms with Crippen LogP contribution in [0.15, 0.2) is 66.7 Å². The normalized spacial score (nSPS) is 12.5. The molecule has 2 amide bonds. The summed E-state index contributed by atoms with van der Waals surface area (Å²) in [5.74, 6) is 0.847. The zero-order chi connectivity index (χ0) is 22.0. The fourth-order valence-electron chi connectivity index (χ4n) is 3.50. The summed E-state index contributed by atoms with van der Waals surface area (Å²) in [6.45, 7) is 4.31. The lowest BCUT2D eigenvalue weighted by Crippen LogP contribution is -2.39. The maximum atomic E-state index is 12.3. The average Bonchev–Trinajstić information content (AvgIpc) is 3.18. The van der Waals surface area contributed by atoms with Crippen LogP contribution in [-0.2, 0) is 17.9 Å². The minimum absolute atomic E-state index is 0.135. The third kappa shape index (κ3) is 3.89. The lowest BCUT2D eigenvalue weighted by atomic mass is 10.1. The van der Waals surface area contributed by atoms with Crippen molar-refractivity contribution in [3.05, 3.63) is 78.3 Å². The second kappa shape index (κ2) is 8.16. The lowest BCUT2D eigenvalue weighted by Gasteiger charge is -2.27. The van der Waals surface area contributed by atoms with Crippen molar-refractivity contribution < 1.29 is 14.3 Å². The number of para-hydroxylation sites is 1. The Morgan fingerprint density at radius 3 is 2.39 bits per heavy atom. The van der Waals surface area contributed by atoms with E-state index < -0.39 is 11.8 Å². The Morgan fingerprint density at radius 2 is 1.74 bits per heavy atom. The van der Waals surface area contributed by atoms with Crippen molar-refractivity contribution in [2.24, 2.45) is 5.73 Å². The Morgan fingerprint density at radius 1 is 1.06 bits per heavy atom. The van der Waals surface area contributed by atoms with Gasteiger partial charge in [0.05, 0.1) is 6.54 Å². The Labute approximate surface area is 178 Å². The van der Waals surface area contributed by atoms with Crippen molar-refractivity contribution in [1.82, 2.24) is 14.5 Å². The number of nitrogens with two attached hydrogens (primary N) is 1. The topological polar surface area (TPSA) is 114 Å². The van der Waals surface area contributed by atoms with Crippen molar-refractivity contribution in [1.29, 1.82) is 5.26 Å². The highest BCUT2D eigenvalue weighted by molar-refractivity contribution is 5.98. The fourth-order valence-corrected chi connectivity index (χ4v) is 3.50. The zero-order valence-electron chi connectivity index (χ0n) is 16.6. The molecule has 31 heavy (non-hydrogen) atoms. The van der Waals surface area contributed by atoms with Crippen LogP contribution in [0, 0.1) is 11.3 Å². The number of nitriles is 1. The first-order valence-corrected chi connectivity index (χ1v) is 9.58. The number of carbonyl (C=O) groups excluding carboxylic acids is 2. The van der Waals surface area contributed by atoms with Crippen LogP contribution in [0.4, 0.5) is 0 Å². The van der Waals surface area contributed by atoms with Crippen LogP contribution in [0.5, 0.6) is 11.5 Å². The van der Waals surface area contributed by atoms with E-state index in [-0.39, 0.29) is 17.8 Å². The van der Waals surface area contributed by atoms with Gasteiger partial charge in [-0.1, -0.05) is 24.8 Å². The molecule has 1 aliphatic heterocycles. The van der Waals surface area contributed by atoms with Crippen molar-refractivity contribution in [3.8, 4) is 28.8 Å². The molecule has 2 aromatic carbocycles. The summed E-state index contributed by atoms with van der Waals surface area (Å²) in [5, 5.41) is 8.93. The molecular weight excluding hydrogens is 394 g/mol. The summed E-state index contributed by atoms with van der Waals surface area (Å²) >= 11 is 0. The molecule has 0 saturated carbocycles. The van der Waals surface area contributed by atoms with Gasteiger partial charge in [-0.25, -0.2) is 4.98 Å². The molecule has 1 aliphatic rings. The van der Waals surface area contributed by atoms with Gasteiger partial charge in [0.25, 0.3) is 11.8 Å². The Bertz CT molecular complexity index is 1210. The molecule has 154 valence electrons. The van der Waals surface area contributed by atoms with Gasteiger partial charge in [0, 0.05) is 18.7 Å². The number of imidazole rings is 1. The van der Waals surface area contributed by atoms with Crippen molar-refractivity contribution in [3.63, 3.8) is 0 Å². The number of amides is 2. The third-order valence-electron chi connectivity index (χ3n) is 4.99. The summed E-state index contributed by atoms with van der Waals surface area (Å²) in [6, 6.07) is 18.4. The number of nitrogens with zero attached hydrogens (tertiary/aromatic N) is 4. The van der Waals surface area contributed by atoms with E-state index in [0.717, 1.165) is 0 Å². The largest absolute Gasteiger partial charge is 0.457 e. The molecule has 8 heteroatoms. The number of hydrogen-bond acceptors (Lipinski definition) is 5. The van der Waals surface area contributed by atoms with Gasteiger partial charge >= 0.3 is 0 Å². The molecule has 1 aromatic heterocycles. The Kier molecular flexibility index (Phi) is 5.24. The Hall–Kier alpha value is -4.38. The summed E-state index contributed by atoms with van der Waals surface area (Å²) < 4.78 is 7.53. The first-order valence-electron chi connectivity index (χ1n) is 9.58. The minimum atomic E-state index is -0.598. The van der Waals surface area contributed by atoms with E-state index in [1.54, 1.807) is 34.9 Å². The minimum Gasteiger partial charge on any atom is -0.457 e. The molecule has 4 rings (SSSR count). The van der Waals surface area contributed by atoms with Crippen LogP contribution in [0.25, 0.3) is 11.3 Å². The molecule has 0 bridgehead atoms. The smallest absolute Gasteiger partial charge is 0.267 e. The van der Waals surface area contributed by atoms with E-state index in [0.29, 0.717) is 41.7 Å². The quantitative estimate of drug-likeness (QED) is 0.510. The predicted molar refractivity (Wildman–Crippen MR) is 113 cm³/mol. The van der Waals surface area contributed by atoms with Crippen LogP contribution < -0.4 is 10.5 Å². The first-order chi connectivity index (χ1) is 15.0. The van der Waals surface area contributed by atoms with E-state index in [4.69, 9.17) is 15.7 Å². The molecular formula is C23H19N5O3. The van der Waals surface area contributed by atoms with E-state index in [9.17, 15) is 9.59 Å². The van der Waals surface area contributed by atoms with E-state index >= 15 is 0 Å². The van der Waals surface area contributed by atoms with Crippen LogP contribution in [0.2, 0.25) is 0 Å². The first kappa shape index (κ1) is 19.9. The number of benzene rings is 2. The number of fused-ring (bicyclic) bond motifs is 1. The number of hydrogen-bond donors (Lipinski definition) is 1. The van der Waals surface area contributed by atoms with Crippen molar-refractivity contribution in [2.75, 3.05) is 6.54 Å². The zero-order valence-corrected chi connectivity index (χ0v) is 16.6. The second-order valence-electron chi connectivity index (χ2n) is 7.00. The molecule has 3 aromatic rings. The molecule has 0 atom stereocenters. The SMILES string of the molecule is C=C(C#N)C(=O)N1CCn2c(nc(-c3ccc(Oc4ccccc4)cc3)c2C(N)=O)C1. The molecule has 0 spiro atoms. The van der Waals surface area contributed by atoms with Gasteiger partial charge < -0.3 is 19.9 Å². The summed E-state index contributed by atoms with van der Waals surface area (Å²) in [6.07, 6.45) is 0. The molecule has 8 nitrogen and oxygen atoms in total. The molecule has 2 N–H and O–H groups in total. The summed E-state index contributed by atoms with van der Waals surface area (Å²) in [7, 11) is 0. The summed E-state index contributed by atoms with van der Waals surface area (Å²) in [4.78, 5) is 30.6. The maximum absolute atomic E-state index is 12.3. The molecule has 0 unspecified atom stereocenters.